The minimum Gasteiger partial charge on any atom is -0.461 e. The molecule has 2 rings (SSSR count). The van der Waals surface area contributed by atoms with Crippen LogP contribution < -0.4 is 0 Å². The molecule has 0 spiro atoms. The van der Waals surface area contributed by atoms with Crippen LogP contribution in [0.25, 0.3) is 0 Å². The highest BCUT2D eigenvalue weighted by atomic mass is 16.5. The summed E-state index contributed by atoms with van der Waals surface area (Å²) in [7, 11) is 0. The normalized spacial score (nSPS) is 31.7. The minimum absolute atomic E-state index is 0.0983. The Labute approximate surface area is 136 Å². The largest absolute Gasteiger partial charge is 0.461 e. The molecule has 0 bridgehead atoms. The molecule has 124 valence electrons. The zero-order valence-electron chi connectivity index (χ0n) is 14.6. The average Bonchev–Trinajstić information content (AvgIpc) is 2.43. The van der Waals surface area contributed by atoms with E-state index in [-0.39, 0.29) is 5.97 Å². The Morgan fingerprint density at radius 1 is 1.41 bits per heavy atom. The lowest BCUT2D eigenvalue weighted by Gasteiger charge is -2.49. The summed E-state index contributed by atoms with van der Waals surface area (Å²) in [6.45, 7) is 15.4. The molecule has 0 aliphatic heterocycles. The van der Waals surface area contributed by atoms with Crippen LogP contribution in [-0.2, 0) is 9.53 Å². The molecule has 2 aliphatic carbocycles. The van der Waals surface area contributed by atoms with Gasteiger partial charge < -0.3 is 4.74 Å². The van der Waals surface area contributed by atoms with Crippen LogP contribution in [-0.4, -0.2) is 12.6 Å². The fourth-order valence-corrected chi connectivity index (χ4v) is 4.27. The van der Waals surface area contributed by atoms with Crippen molar-refractivity contribution in [1.82, 2.24) is 0 Å². The van der Waals surface area contributed by atoms with Crippen molar-refractivity contribution in [2.45, 2.75) is 65.7 Å². The maximum Gasteiger partial charge on any atom is 0.306 e. The van der Waals surface area contributed by atoms with Gasteiger partial charge in [0, 0.05) is 6.42 Å². The lowest BCUT2D eigenvalue weighted by Crippen LogP contribution is -2.38. The van der Waals surface area contributed by atoms with E-state index in [1.807, 2.05) is 13.8 Å². The Kier molecular flexibility index (Phi) is 5.52. The van der Waals surface area contributed by atoms with Crippen molar-refractivity contribution in [3.05, 3.63) is 24.3 Å². The molecule has 0 radical (unpaired) electrons. The molecule has 2 aliphatic rings. The molecule has 0 amide bonds. The molecule has 2 saturated carbocycles. The number of carbonyl (C=O) groups excluding carboxylic acids is 1. The van der Waals surface area contributed by atoms with Crippen molar-refractivity contribution in [3.8, 4) is 0 Å². The average molecular weight is 304 g/mol. The Morgan fingerprint density at radius 2 is 2.14 bits per heavy atom. The summed E-state index contributed by atoms with van der Waals surface area (Å²) in [6, 6.07) is 0. The molecule has 0 aromatic rings. The molecular formula is C20H32O2. The first-order valence-electron chi connectivity index (χ1n) is 8.83. The number of esters is 1. The molecule has 0 heterocycles. The van der Waals surface area contributed by atoms with E-state index in [0.29, 0.717) is 36.2 Å². The zero-order valence-corrected chi connectivity index (χ0v) is 14.6. The van der Waals surface area contributed by atoms with Gasteiger partial charge in [-0.2, -0.15) is 0 Å². The van der Waals surface area contributed by atoms with Gasteiger partial charge in [-0.3, -0.25) is 4.79 Å². The molecule has 0 N–H and O–H groups in total. The first-order valence-corrected chi connectivity index (χ1v) is 8.83. The monoisotopic (exact) mass is 304 g/mol. The fourth-order valence-electron chi connectivity index (χ4n) is 4.27. The number of allylic oxidation sites excluding steroid dienone is 1. The topological polar surface area (TPSA) is 26.3 Å². The van der Waals surface area contributed by atoms with Gasteiger partial charge >= 0.3 is 5.97 Å². The molecule has 3 atom stereocenters. The summed E-state index contributed by atoms with van der Waals surface area (Å²) in [5.74, 6) is 1.36. The van der Waals surface area contributed by atoms with E-state index < -0.39 is 0 Å². The molecule has 2 fully saturated rings. The van der Waals surface area contributed by atoms with Crippen LogP contribution >= 0.6 is 0 Å². The number of ether oxygens (including phenoxy) is 1. The molecule has 22 heavy (non-hydrogen) atoms. The molecule has 0 unspecified atom stereocenters. The van der Waals surface area contributed by atoms with Gasteiger partial charge in [-0.05, 0) is 67.3 Å². The highest BCUT2D eigenvalue weighted by Crippen LogP contribution is 2.54. The van der Waals surface area contributed by atoms with Gasteiger partial charge in [-0.25, -0.2) is 0 Å². The first-order chi connectivity index (χ1) is 10.3. The summed E-state index contributed by atoms with van der Waals surface area (Å²) in [4.78, 5) is 11.7. The number of hydrogen-bond donors (Lipinski definition) is 0. The van der Waals surface area contributed by atoms with Crippen molar-refractivity contribution in [3.63, 3.8) is 0 Å². The van der Waals surface area contributed by atoms with Gasteiger partial charge in [0.15, 0.2) is 0 Å². The third-order valence-corrected chi connectivity index (χ3v) is 5.73. The minimum atomic E-state index is -0.0983. The van der Waals surface area contributed by atoms with Crippen LogP contribution in [0.3, 0.4) is 0 Å². The quantitative estimate of drug-likeness (QED) is 0.509. The third-order valence-electron chi connectivity index (χ3n) is 5.73. The van der Waals surface area contributed by atoms with E-state index in [1.54, 1.807) is 0 Å². The van der Waals surface area contributed by atoms with E-state index in [0.717, 1.165) is 12.0 Å². The van der Waals surface area contributed by atoms with Gasteiger partial charge in [0.05, 0.1) is 0 Å². The highest BCUT2D eigenvalue weighted by Gasteiger charge is 2.43. The van der Waals surface area contributed by atoms with Crippen molar-refractivity contribution in [1.29, 1.82) is 0 Å². The van der Waals surface area contributed by atoms with Crippen molar-refractivity contribution in [2.24, 2.45) is 23.2 Å². The SMILES string of the molecule is C=C(COC(=O)CC(C)C)[C@H]1CC[C@]2(C)CCCC(=C)[C@H]2C1. The number of carbonyl (C=O) groups is 1. The van der Waals surface area contributed by atoms with E-state index in [2.05, 4.69) is 20.1 Å². The van der Waals surface area contributed by atoms with Crippen molar-refractivity contribution >= 4 is 5.97 Å². The van der Waals surface area contributed by atoms with E-state index in [1.165, 1.54) is 37.7 Å². The predicted octanol–water partition coefficient (Wildman–Crippen LogP) is 5.29. The number of hydrogen-bond acceptors (Lipinski definition) is 2. The highest BCUT2D eigenvalue weighted by molar-refractivity contribution is 5.69. The second kappa shape index (κ2) is 7.02. The van der Waals surface area contributed by atoms with Crippen LogP contribution in [0.1, 0.15) is 65.7 Å². The standard InChI is InChI=1S/C20H32O2/c1-14(2)11-19(21)22-13-16(4)17-8-10-20(5)9-6-7-15(3)18(20)12-17/h14,17-18H,3-4,6-13H2,1-2,5H3/t17-,18+,20-/m0/s1. The maximum absolute atomic E-state index is 11.7. The van der Waals surface area contributed by atoms with Gasteiger partial charge in [-0.1, -0.05) is 39.5 Å². The van der Waals surface area contributed by atoms with Crippen molar-refractivity contribution in [2.75, 3.05) is 6.61 Å². The summed E-state index contributed by atoms with van der Waals surface area (Å²) in [5, 5.41) is 0. The fraction of sp³-hybridized carbons (Fsp3) is 0.750. The van der Waals surface area contributed by atoms with Crippen LogP contribution in [0.5, 0.6) is 0 Å². The zero-order chi connectivity index (χ0) is 16.3. The summed E-state index contributed by atoms with van der Waals surface area (Å²) >= 11 is 0. The maximum atomic E-state index is 11.7. The van der Waals surface area contributed by atoms with Crippen LogP contribution in [0, 0.1) is 23.2 Å². The number of fused-ring (bicyclic) bond motifs is 1. The Balaban J connectivity index is 1.87. The lowest BCUT2D eigenvalue weighted by atomic mass is 9.56. The smallest absolute Gasteiger partial charge is 0.306 e. The van der Waals surface area contributed by atoms with E-state index in [4.69, 9.17) is 4.74 Å². The van der Waals surface area contributed by atoms with Gasteiger partial charge in [0.25, 0.3) is 0 Å². The Morgan fingerprint density at radius 3 is 2.82 bits per heavy atom. The van der Waals surface area contributed by atoms with Gasteiger partial charge in [0.2, 0.25) is 0 Å². The summed E-state index contributed by atoms with van der Waals surface area (Å²) in [6.07, 6.45) is 7.89. The molecule has 2 heteroatoms. The van der Waals surface area contributed by atoms with Gasteiger partial charge in [0.1, 0.15) is 6.61 Å². The second-order valence-corrected chi connectivity index (χ2v) is 8.11. The first kappa shape index (κ1) is 17.3. The summed E-state index contributed by atoms with van der Waals surface area (Å²) < 4.78 is 5.39. The Hall–Kier alpha value is -1.05. The number of rotatable bonds is 5. The van der Waals surface area contributed by atoms with Crippen LogP contribution in [0.2, 0.25) is 0 Å². The molecule has 0 saturated heterocycles. The third kappa shape index (κ3) is 4.02. The van der Waals surface area contributed by atoms with E-state index >= 15 is 0 Å². The lowest BCUT2D eigenvalue weighted by molar-refractivity contribution is -0.143. The van der Waals surface area contributed by atoms with Crippen LogP contribution in [0.4, 0.5) is 0 Å². The Bertz CT molecular complexity index is 449. The van der Waals surface area contributed by atoms with Crippen molar-refractivity contribution < 1.29 is 9.53 Å². The van der Waals surface area contributed by atoms with E-state index in [9.17, 15) is 4.79 Å². The molecular weight excluding hydrogens is 272 g/mol. The predicted molar refractivity (Wildman–Crippen MR) is 91.5 cm³/mol. The molecule has 0 aromatic carbocycles. The van der Waals surface area contributed by atoms with Gasteiger partial charge in [-0.15, -0.1) is 0 Å². The molecule has 0 aromatic heterocycles. The second-order valence-electron chi connectivity index (χ2n) is 8.11. The molecule has 2 nitrogen and oxygen atoms in total. The summed E-state index contributed by atoms with van der Waals surface area (Å²) in [5.41, 5.74) is 2.97. The van der Waals surface area contributed by atoms with Crippen LogP contribution in [0.15, 0.2) is 24.3 Å².